The maximum absolute atomic E-state index is 15.0. The van der Waals surface area contributed by atoms with Crippen LogP contribution in [0.1, 0.15) is 106 Å². The highest BCUT2D eigenvalue weighted by Crippen LogP contribution is 2.58. The summed E-state index contributed by atoms with van der Waals surface area (Å²) in [5, 5.41) is 9.81. The normalized spacial score (nSPS) is 30.3. The minimum atomic E-state index is -3.96. The molecule has 2 saturated carbocycles. The third kappa shape index (κ3) is 8.68. The molecular weight excluding hydrogens is 725 g/mol. The number of hydrogen-bond donors (Lipinski definition) is 1. The van der Waals surface area contributed by atoms with E-state index in [1.807, 2.05) is 43.3 Å². The predicted octanol–water partition coefficient (Wildman–Crippen LogP) is 5.70. The van der Waals surface area contributed by atoms with Gasteiger partial charge in [-0.1, -0.05) is 44.6 Å². The Morgan fingerprint density at radius 1 is 1.05 bits per heavy atom. The van der Waals surface area contributed by atoms with Crippen LogP contribution in [0.5, 0.6) is 11.8 Å². The Labute approximate surface area is 324 Å². The van der Waals surface area contributed by atoms with E-state index in [0.29, 0.717) is 48.8 Å². The molecule has 3 fully saturated rings. The molecule has 13 nitrogen and oxygen atoms in total. The number of carbonyl (C=O) groups is 4. The Hall–Kier alpha value is -4.07. The molecule has 1 aromatic carbocycles. The molecule has 0 radical (unpaired) electrons. The van der Waals surface area contributed by atoms with Gasteiger partial charge in [0.1, 0.15) is 11.7 Å². The molecule has 0 spiro atoms. The molecule has 4 aliphatic rings. The topological polar surface area (TPSA) is 171 Å². The van der Waals surface area contributed by atoms with Gasteiger partial charge in [0.15, 0.2) is 5.78 Å². The Morgan fingerprint density at radius 3 is 2.36 bits per heavy atom. The Morgan fingerprint density at radius 2 is 1.73 bits per heavy atom. The minimum absolute atomic E-state index is 0.0311. The number of aromatic nitrogens is 2. The van der Waals surface area contributed by atoms with Gasteiger partial charge in [0.25, 0.3) is 0 Å². The van der Waals surface area contributed by atoms with E-state index in [1.165, 1.54) is 12.0 Å². The number of ether oxygens (including phenoxy) is 3. The molecule has 3 heterocycles. The molecule has 1 N–H and O–H groups in total. The minimum Gasteiger partial charge on any atom is -0.479 e. The lowest BCUT2D eigenvalue weighted by Gasteiger charge is -2.33. The average molecular weight is 781 g/mol. The Kier molecular flexibility index (Phi) is 11.4. The molecule has 300 valence electrons. The monoisotopic (exact) mass is 780 g/mol. The largest absolute Gasteiger partial charge is 0.479 e. The van der Waals surface area contributed by atoms with Crippen molar-refractivity contribution < 1.29 is 41.8 Å². The zero-order valence-electron chi connectivity index (χ0n) is 33.1. The number of carbonyl (C=O) groups excluding carboxylic acids is 4. The summed E-state index contributed by atoms with van der Waals surface area (Å²) in [7, 11) is -2.45. The van der Waals surface area contributed by atoms with Crippen LogP contribution in [0, 0.1) is 29.1 Å². The van der Waals surface area contributed by atoms with Gasteiger partial charge in [0.2, 0.25) is 33.6 Å². The number of allylic oxidation sites excluding steroid dienone is 2. The van der Waals surface area contributed by atoms with Gasteiger partial charge in [-0.15, -0.1) is 10.2 Å². The van der Waals surface area contributed by atoms with Crippen LogP contribution in [-0.2, 0) is 33.9 Å². The highest BCUT2D eigenvalue weighted by molar-refractivity contribution is 7.91. The van der Waals surface area contributed by atoms with Crippen LogP contribution in [0.2, 0.25) is 0 Å². The first-order valence-electron chi connectivity index (χ1n) is 19.6. The van der Waals surface area contributed by atoms with Gasteiger partial charge >= 0.3 is 5.97 Å². The summed E-state index contributed by atoms with van der Waals surface area (Å²) < 4.78 is 45.4. The molecule has 14 heteroatoms. The van der Waals surface area contributed by atoms with Gasteiger partial charge in [-0.25, -0.2) is 8.42 Å². The van der Waals surface area contributed by atoms with E-state index in [1.54, 1.807) is 27.7 Å². The summed E-state index contributed by atoms with van der Waals surface area (Å²) >= 11 is 0. The highest BCUT2D eigenvalue weighted by Gasteiger charge is 2.62. The van der Waals surface area contributed by atoms with Crippen LogP contribution in [0.4, 0.5) is 0 Å². The van der Waals surface area contributed by atoms with Crippen LogP contribution in [0.15, 0.2) is 36.4 Å². The first kappa shape index (κ1) is 40.6. The maximum atomic E-state index is 15.0. The second-order valence-corrected chi connectivity index (χ2v) is 19.6. The average Bonchev–Trinajstić information content (AvgIpc) is 4.00. The highest BCUT2D eigenvalue weighted by atomic mass is 32.2. The third-order valence-corrected chi connectivity index (χ3v) is 14.2. The smallest absolute Gasteiger partial charge is 0.307 e. The molecule has 55 heavy (non-hydrogen) atoms. The van der Waals surface area contributed by atoms with Crippen LogP contribution in [-0.4, -0.2) is 83.2 Å². The van der Waals surface area contributed by atoms with Crippen molar-refractivity contribution in [3.63, 3.8) is 0 Å². The Bertz CT molecular complexity index is 1960. The summed E-state index contributed by atoms with van der Waals surface area (Å²) in [6, 6.07) is 6.35. The van der Waals surface area contributed by atoms with Crippen molar-refractivity contribution in [2.45, 2.75) is 128 Å². The zero-order chi connectivity index (χ0) is 39.9. The van der Waals surface area contributed by atoms with Crippen molar-refractivity contribution in [2.24, 2.45) is 29.1 Å². The van der Waals surface area contributed by atoms with Crippen molar-refractivity contribution in [1.29, 1.82) is 0 Å². The van der Waals surface area contributed by atoms with E-state index < -0.39 is 55.7 Å². The quantitative estimate of drug-likeness (QED) is 0.245. The molecule has 7 atom stereocenters. The van der Waals surface area contributed by atoms with Crippen molar-refractivity contribution in [3.05, 3.63) is 36.4 Å². The number of sulfonamides is 1. The summed E-state index contributed by atoms with van der Waals surface area (Å²) in [6.07, 6.45) is 7.09. The second kappa shape index (κ2) is 15.5. The fraction of sp³-hybridized carbons (Fsp3) is 0.659. The maximum Gasteiger partial charge on any atom is 0.307 e. The number of methoxy groups -OCH3 is 1. The predicted molar refractivity (Wildman–Crippen MR) is 205 cm³/mol. The number of nitrogens with zero attached hydrogens (tertiary/aromatic N) is 3. The van der Waals surface area contributed by atoms with E-state index >= 15 is 0 Å². The van der Waals surface area contributed by atoms with E-state index in [9.17, 15) is 27.6 Å². The van der Waals surface area contributed by atoms with Crippen LogP contribution in [0.25, 0.3) is 10.8 Å². The van der Waals surface area contributed by atoms with E-state index in [0.717, 1.165) is 12.8 Å². The molecule has 0 unspecified atom stereocenters. The van der Waals surface area contributed by atoms with Crippen LogP contribution >= 0.6 is 0 Å². The number of hydrogen-bond acceptors (Lipinski definition) is 11. The standard InChI is InChI=1S/C41H56N4O9S/c1-8-26-19-25(2)13-9-10-14-27-22-41(27,38(49)44-55(50,51)40(6)17-18-40)23-33(46)32-20-28(24-45(32)37(48)31(26)21-34(47)54-39(3,4)5)53-36-30-16-12-11-15-29(30)35(52-7)42-43-36/h10-12,14-16,25-28,31-32H,8-9,13,17-24H2,1-7H3,(H,44,49)/b14-10-/t25-,26+,27+,28+,31-,32-,41+/m0/s1. The number of amides is 2. The first-order chi connectivity index (χ1) is 25.9. The SMILES string of the molecule is CC[C@@H]1C[C@@H](C)CC/C=C\[C@@H]2C[C@@]2(C(=O)NS(=O)(=O)C2(C)CC2)CC(=O)[C@@H]2C[C@@H](Oc3nnc(OC)c4ccccc34)CN2C(=O)[C@H]1CC(=O)OC(C)(C)C. The summed E-state index contributed by atoms with van der Waals surface area (Å²) in [6.45, 7) is 11.1. The molecule has 2 aliphatic carbocycles. The fourth-order valence-electron chi connectivity index (χ4n) is 8.36. The number of esters is 1. The van der Waals surface area contributed by atoms with Gasteiger partial charge in [-0.05, 0) is 96.1 Å². The lowest BCUT2D eigenvalue weighted by Crippen LogP contribution is -2.48. The Balaban J connectivity index is 1.37. The summed E-state index contributed by atoms with van der Waals surface area (Å²) in [5.41, 5.74) is -2.03. The number of Topliss-reactive ketones (excluding diaryl/α,β-unsaturated/α-hetero) is 1. The molecule has 2 amide bonds. The van der Waals surface area contributed by atoms with Gasteiger partial charge in [0.05, 0.1) is 53.0 Å². The van der Waals surface area contributed by atoms with Crippen molar-refractivity contribution in [3.8, 4) is 11.8 Å². The lowest BCUT2D eigenvalue weighted by atomic mass is 9.79. The summed E-state index contributed by atoms with van der Waals surface area (Å²) in [4.78, 5) is 58.6. The first-order valence-corrected chi connectivity index (χ1v) is 21.1. The molecule has 2 aromatic rings. The second-order valence-electron chi connectivity index (χ2n) is 17.4. The van der Waals surface area contributed by atoms with Gasteiger partial charge < -0.3 is 19.1 Å². The third-order valence-electron chi connectivity index (χ3n) is 12.0. The number of rotatable bonds is 9. The van der Waals surface area contributed by atoms with Crippen molar-refractivity contribution in [1.82, 2.24) is 19.8 Å². The van der Waals surface area contributed by atoms with Crippen LogP contribution < -0.4 is 14.2 Å². The molecular formula is C41H56N4O9S. The zero-order valence-corrected chi connectivity index (χ0v) is 33.9. The molecule has 0 bridgehead atoms. The molecule has 1 saturated heterocycles. The molecule has 6 rings (SSSR count). The number of ketones is 1. The summed E-state index contributed by atoms with van der Waals surface area (Å²) in [5.74, 6) is -2.40. The number of benzene rings is 1. The van der Waals surface area contributed by atoms with Crippen molar-refractivity contribution >= 4 is 44.4 Å². The van der Waals surface area contributed by atoms with Gasteiger partial charge in [0, 0.05) is 12.8 Å². The van der Waals surface area contributed by atoms with E-state index in [4.69, 9.17) is 14.2 Å². The van der Waals surface area contributed by atoms with E-state index in [2.05, 4.69) is 21.8 Å². The fourth-order valence-corrected chi connectivity index (χ4v) is 9.69. The van der Waals surface area contributed by atoms with Gasteiger partial charge in [-0.3, -0.25) is 23.9 Å². The van der Waals surface area contributed by atoms with Crippen LogP contribution in [0.3, 0.4) is 0 Å². The molecule has 1 aromatic heterocycles. The number of fused-ring (bicyclic) bond motifs is 3. The van der Waals surface area contributed by atoms with Gasteiger partial charge in [-0.2, -0.15) is 0 Å². The molecule has 2 aliphatic heterocycles. The number of nitrogens with one attached hydrogen (secondary N) is 1. The van der Waals surface area contributed by atoms with Crippen molar-refractivity contribution in [2.75, 3.05) is 13.7 Å². The van der Waals surface area contributed by atoms with E-state index in [-0.39, 0.29) is 61.1 Å². The lowest BCUT2D eigenvalue weighted by molar-refractivity contribution is -0.160.